The molecule has 3 fully saturated rings. The molecule has 0 spiro atoms. The predicted molar refractivity (Wildman–Crippen MR) is 238 cm³/mol. The lowest BCUT2D eigenvalue weighted by molar-refractivity contribution is -0.139. The molecule has 5 aliphatic heterocycles. The fraction of sp³-hybridized carbons (Fsp3) is 0.500. The van der Waals surface area contributed by atoms with Gasteiger partial charge in [0.05, 0.1) is 50.0 Å². The van der Waals surface area contributed by atoms with E-state index in [1.165, 1.54) is 21.3 Å². The molecule has 64 heavy (non-hydrogen) atoms. The van der Waals surface area contributed by atoms with Crippen molar-refractivity contribution < 1.29 is 42.9 Å². The summed E-state index contributed by atoms with van der Waals surface area (Å²) in [5.41, 5.74) is 7.88. The SMILES string of the molecule is COC(=O)N[C@H](C(=O)N1[C@@H](C)CC[C@H]1c1ncc(-c2ccc3c(c2)COc2cc4c5c(ccc4cc2-3)N=C([C@@H]2CC[C@H](C)N2C(=O)[C@@H](NC(=O)OC)[C@@H](C)OC)C5)[nH]1)C1CCOCC1. The molecule has 0 bridgehead atoms. The van der Waals surface area contributed by atoms with Crippen molar-refractivity contribution in [1.82, 2.24) is 30.4 Å². The van der Waals surface area contributed by atoms with Crippen LogP contribution in [0.4, 0.5) is 15.3 Å². The molecule has 6 heterocycles. The average Bonchev–Trinajstić information content (AvgIpc) is 4.14. The standard InChI is InChI=1S/C48H57N7O9/c1-25-7-13-39(54(25)45(56)42(27(3)60-4)52-47(58)61-5)37-21-34-33-22-41-35(20-29(33)10-12-36(34)50-37)32-11-9-30(19-31(32)24-64-41)38-23-49-44(51-38)40-14-8-26(2)55(40)46(57)43(53-48(59)62-6)28-15-17-63-18-16-28/h9-12,19-20,22-23,25-28,39-40,42-43H,7-8,13-18,21,24H2,1-6H3,(H,49,51)(H,52,58)(H,53,59)/t25-,26-,27+,39-,40-,42-,43-/m0/s1. The van der Waals surface area contributed by atoms with Crippen LogP contribution in [0.3, 0.4) is 0 Å². The lowest BCUT2D eigenvalue weighted by Gasteiger charge is -2.36. The summed E-state index contributed by atoms with van der Waals surface area (Å²) >= 11 is 0. The fourth-order valence-corrected chi connectivity index (χ4v) is 10.5. The number of alkyl carbamates (subject to hydrolysis) is 2. The van der Waals surface area contributed by atoms with Gasteiger partial charge in [-0.05, 0) is 123 Å². The summed E-state index contributed by atoms with van der Waals surface area (Å²) in [5.74, 6) is 1.12. The monoisotopic (exact) mass is 875 g/mol. The largest absolute Gasteiger partial charge is 0.488 e. The van der Waals surface area contributed by atoms with Crippen molar-refractivity contribution in [3.05, 3.63) is 65.6 Å². The fourth-order valence-electron chi connectivity index (χ4n) is 10.5. The van der Waals surface area contributed by atoms with Crippen molar-refractivity contribution in [3.63, 3.8) is 0 Å². The summed E-state index contributed by atoms with van der Waals surface area (Å²) in [5, 5.41) is 7.67. The van der Waals surface area contributed by atoms with Gasteiger partial charge in [0.15, 0.2) is 0 Å². The Labute approximate surface area is 372 Å². The predicted octanol–water partition coefficient (Wildman–Crippen LogP) is 6.76. The Morgan fingerprint density at radius 3 is 2.28 bits per heavy atom. The van der Waals surface area contributed by atoms with Crippen LogP contribution in [-0.2, 0) is 41.6 Å². The van der Waals surface area contributed by atoms with Crippen LogP contribution >= 0.6 is 0 Å². The normalized spacial score (nSPS) is 23.0. The molecule has 4 aromatic rings. The number of amides is 4. The molecule has 0 unspecified atom stereocenters. The molecule has 338 valence electrons. The van der Waals surface area contributed by atoms with Gasteiger partial charge < -0.3 is 49.1 Å². The second-order valence-electron chi connectivity index (χ2n) is 17.7. The first-order valence-corrected chi connectivity index (χ1v) is 22.4. The number of carbonyl (C=O) groups is 4. The Balaban J connectivity index is 0.932. The molecule has 7 atom stereocenters. The van der Waals surface area contributed by atoms with Gasteiger partial charge in [-0.15, -0.1) is 0 Å². The first-order valence-electron chi connectivity index (χ1n) is 22.4. The summed E-state index contributed by atoms with van der Waals surface area (Å²) in [7, 11) is 4.10. The molecule has 3 saturated heterocycles. The Morgan fingerprint density at radius 2 is 1.55 bits per heavy atom. The molecule has 3 aromatic carbocycles. The van der Waals surface area contributed by atoms with Crippen LogP contribution in [0.15, 0.2) is 53.7 Å². The molecular weight excluding hydrogens is 819 g/mol. The van der Waals surface area contributed by atoms with Gasteiger partial charge in [0.25, 0.3) is 0 Å². The first-order chi connectivity index (χ1) is 31.0. The minimum absolute atomic E-state index is 0.0285. The van der Waals surface area contributed by atoms with Crippen molar-refractivity contribution in [2.75, 3.05) is 34.5 Å². The smallest absolute Gasteiger partial charge is 0.407 e. The highest BCUT2D eigenvalue weighted by atomic mass is 16.5. The van der Waals surface area contributed by atoms with Crippen molar-refractivity contribution in [2.45, 2.75) is 115 Å². The number of ether oxygens (including phenoxy) is 5. The number of imidazole rings is 1. The van der Waals surface area contributed by atoms with E-state index in [0.29, 0.717) is 44.9 Å². The number of hydrogen-bond acceptors (Lipinski definition) is 11. The van der Waals surface area contributed by atoms with Crippen LogP contribution in [0, 0.1) is 5.92 Å². The maximum Gasteiger partial charge on any atom is 0.407 e. The number of nitrogens with zero attached hydrogens (tertiary/aromatic N) is 4. The van der Waals surface area contributed by atoms with E-state index in [-0.39, 0.29) is 41.9 Å². The van der Waals surface area contributed by atoms with E-state index in [9.17, 15) is 19.2 Å². The van der Waals surface area contributed by atoms with Crippen LogP contribution in [0.5, 0.6) is 5.75 Å². The Morgan fingerprint density at radius 1 is 0.828 bits per heavy atom. The van der Waals surface area contributed by atoms with Gasteiger partial charge in [0.1, 0.15) is 30.3 Å². The summed E-state index contributed by atoms with van der Waals surface area (Å²) in [6.07, 6.45) is 5.07. The van der Waals surface area contributed by atoms with E-state index in [1.807, 2.05) is 29.8 Å². The zero-order valence-corrected chi connectivity index (χ0v) is 37.3. The zero-order chi connectivity index (χ0) is 44.8. The maximum absolute atomic E-state index is 14.3. The molecule has 0 saturated carbocycles. The molecule has 9 rings (SSSR count). The summed E-state index contributed by atoms with van der Waals surface area (Å²) < 4.78 is 27.3. The molecule has 4 amide bonds. The number of rotatable bonds is 10. The third-order valence-corrected chi connectivity index (χ3v) is 14.1. The quantitative estimate of drug-likeness (QED) is 0.154. The molecular formula is C48H57N7O9. The highest BCUT2D eigenvalue weighted by Gasteiger charge is 2.45. The summed E-state index contributed by atoms with van der Waals surface area (Å²) in [6.45, 7) is 7.32. The second-order valence-corrected chi connectivity index (χ2v) is 17.7. The Kier molecular flexibility index (Phi) is 12.1. The highest BCUT2D eigenvalue weighted by molar-refractivity contribution is 6.07. The van der Waals surface area contributed by atoms with Gasteiger partial charge in [-0.3, -0.25) is 14.6 Å². The van der Waals surface area contributed by atoms with Crippen LogP contribution in [0.1, 0.15) is 82.3 Å². The van der Waals surface area contributed by atoms with Gasteiger partial charge in [0.2, 0.25) is 11.8 Å². The van der Waals surface area contributed by atoms with Crippen molar-refractivity contribution in [1.29, 1.82) is 0 Å². The van der Waals surface area contributed by atoms with Gasteiger partial charge in [-0.2, -0.15) is 0 Å². The molecule has 1 aromatic heterocycles. The lowest BCUT2D eigenvalue weighted by atomic mass is 9.90. The number of fused-ring (bicyclic) bond motifs is 6. The van der Waals surface area contributed by atoms with E-state index in [1.54, 1.807) is 6.92 Å². The number of aliphatic imine (C=N–C) groups is 1. The topological polar surface area (TPSA) is 186 Å². The van der Waals surface area contributed by atoms with Gasteiger partial charge in [-0.25, -0.2) is 14.6 Å². The van der Waals surface area contributed by atoms with E-state index in [0.717, 1.165) is 87.1 Å². The minimum atomic E-state index is -0.908. The third-order valence-electron chi connectivity index (χ3n) is 14.1. The number of benzene rings is 3. The number of methoxy groups -OCH3 is 3. The number of nitrogens with one attached hydrogen (secondary N) is 3. The van der Waals surface area contributed by atoms with Crippen molar-refractivity contribution in [2.24, 2.45) is 10.9 Å². The highest BCUT2D eigenvalue weighted by Crippen LogP contribution is 2.45. The summed E-state index contributed by atoms with van der Waals surface area (Å²) in [6, 6.07) is 12.7. The third kappa shape index (κ3) is 7.95. The average molecular weight is 876 g/mol. The molecule has 16 nitrogen and oxygen atoms in total. The zero-order valence-electron chi connectivity index (χ0n) is 37.3. The number of carbonyl (C=O) groups excluding carboxylic acids is 4. The second kappa shape index (κ2) is 17.9. The Hall–Kier alpha value is -6.00. The van der Waals surface area contributed by atoms with Crippen LogP contribution < -0.4 is 15.4 Å². The van der Waals surface area contributed by atoms with Crippen LogP contribution in [-0.4, -0.2) is 120 Å². The van der Waals surface area contributed by atoms with Crippen LogP contribution in [0.25, 0.3) is 33.2 Å². The minimum Gasteiger partial charge on any atom is -0.488 e. The lowest BCUT2D eigenvalue weighted by Crippen LogP contribution is -2.57. The number of H-pyrrole nitrogens is 1. The number of likely N-dealkylation sites (tertiary alicyclic amines) is 2. The van der Waals surface area contributed by atoms with Crippen molar-refractivity contribution >= 4 is 46.2 Å². The summed E-state index contributed by atoms with van der Waals surface area (Å²) in [4.78, 5) is 70.2. The molecule has 16 heteroatoms. The number of aromatic nitrogens is 2. The maximum atomic E-state index is 14.3. The molecule has 5 aliphatic rings. The molecule has 0 aliphatic carbocycles. The first kappa shape index (κ1) is 43.3. The van der Waals surface area contributed by atoms with Gasteiger partial charge in [0, 0.05) is 50.1 Å². The van der Waals surface area contributed by atoms with E-state index in [2.05, 4.69) is 58.1 Å². The van der Waals surface area contributed by atoms with E-state index < -0.39 is 30.4 Å². The van der Waals surface area contributed by atoms with Gasteiger partial charge >= 0.3 is 12.2 Å². The number of aromatic amines is 1. The Bertz CT molecular complexity index is 2500. The van der Waals surface area contributed by atoms with E-state index in [4.69, 9.17) is 33.7 Å². The van der Waals surface area contributed by atoms with Crippen LogP contribution in [0.2, 0.25) is 0 Å². The van der Waals surface area contributed by atoms with Crippen molar-refractivity contribution in [3.8, 4) is 28.1 Å². The van der Waals surface area contributed by atoms with E-state index >= 15 is 0 Å². The molecule has 3 N–H and O–H groups in total. The molecule has 0 radical (unpaired) electrons. The number of hydrogen-bond donors (Lipinski definition) is 3. The van der Waals surface area contributed by atoms with Gasteiger partial charge in [-0.1, -0.05) is 18.2 Å².